The van der Waals surface area contributed by atoms with Gasteiger partial charge in [0.2, 0.25) is 0 Å². The molecule has 2 aromatic rings. The molecule has 6 heteroatoms. The van der Waals surface area contributed by atoms with Gasteiger partial charge in [-0.2, -0.15) is 0 Å². The van der Waals surface area contributed by atoms with E-state index in [9.17, 15) is 4.79 Å². The molecule has 0 aliphatic heterocycles. The lowest BCUT2D eigenvalue weighted by atomic mass is 10.3. The summed E-state index contributed by atoms with van der Waals surface area (Å²) in [5.41, 5.74) is 5.98. The van der Waals surface area contributed by atoms with E-state index >= 15 is 0 Å². The molecule has 5 nitrogen and oxygen atoms in total. The summed E-state index contributed by atoms with van der Waals surface area (Å²) < 4.78 is 7.81. The Morgan fingerprint density at radius 2 is 2.16 bits per heavy atom. The number of halogens is 1. The van der Waals surface area contributed by atoms with Crippen molar-refractivity contribution >= 4 is 21.6 Å². The van der Waals surface area contributed by atoms with Gasteiger partial charge >= 0.3 is 5.56 Å². The molecular formula is C13H14BrN3O2. The van der Waals surface area contributed by atoms with Crippen molar-refractivity contribution in [2.45, 2.75) is 19.9 Å². The lowest BCUT2D eigenvalue weighted by Gasteiger charge is -2.11. The van der Waals surface area contributed by atoms with Crippen molar-refractivity contribution in [3.8, 4) is 11.6 Å². The molecule has 0 fully saturated rings. The summed E-state index contributed by atoms with van der Waals surface area (Å²) in [6.45, 7) is 3.84. The third-order valence-corrected chi connectivity index (χ3v) is 3.21. The third-order valence-electron chi connectivity index (χ3n) is 2.55. The first-order valence-electron chi connectivity index (χ1n) is 5.79. The number of hydrogen-bond donors (Lipinski definition) is 1. The maximum absolute atomic E-state index is 12.1. The van der Waals surface area contributed by atoms with E-state index < -0.39 is 0 Å². The van der Waals surface area contributed by atoms with Crippen molar-refractivity contribution in [1.29, 1.82) is 0 Å². The maximum atomic E-state index is 12.1. The lowest BCUT2D eigenvalue weighted by Crippen LogP contribution is -2.23. The molecule has 100 valence electrons. The van der Waals surface area contributed by atoms with E-state index in [1.54, 1.807) is 29.0 Å². The van der Waals surface area contributed by atoms with Crippen LogP contribution in [0.3, 0.4) is 0 Å². The Morgan fingerprint density at radius 3 is 2.84 bits per heavy atom. The zero-order valence-electron chi connectivity index (χ0n) is 10.6. The molecule has 2 rings (SSSR count). The zero-order valence-corrected chi connectivity index (χ0v) is 12.2. The van der Waals surface area contributed by atoms with E-state index in [1.807, 2.05) is 13.8 Å². The summed E-state index contributed by atoms with van der Waals surface area (Å²) in [6.07, 6.45) is 3.17. The van der Waals surface area contributed by atoms with Gasteiger partial charge in [-0.3, -0.25) is 4.79 Å². The second-order valence-electron chi connectivity index (χ2n) is 4.33. The molecule has 0 atom stereocenters. The molecule has 0 aliphatic carbocycles. The number of anilines is 1. The molecule has 0 bridgehead atoms. The van der Waals surface area contributed by atoms with E-state index in [2.05, 4.69) is 20.9 Å². The summed E-state index contributed by atoms with van der Waals surface area (Å²) in [7, 11) is 0. The number of nitrogens with zero attached hydrogens (tertiary/aromatic N) is 2. The summed E-state index contributed by atoms with van der Waals surface area (Å²) in [5, 5.41) is 0. The van der Waals surface area contributed by atoms with Crippen LogP contribution in [0.1, 0.15) is 19.9 Å². The number of aromatic nitrogens is 2. The minimum absolute atomic E-state index is 0.0301. The van der Waals surface area contributed by atoms with Gasteiger partial charge in [0.05, 0.1) is 4.47 Å². The van der Waals surface area contributed by atoms with E-state index in [1.165, 1.54) is 6.20 Å². The molecule has 0 radical (unpaired) electrons. The fourth-order valence-electron chi connectivity index (χ4n) is 1.59. The number of nitrogen functional groups attached to an aromatic ring is 1. The van der Waals surface area contributed by atoms with E-state index in [0.717, 1.165) is 0 Å². The molecule has 1 aromatic heterocycles. The Balaban J connectivity index is 2.42. The van der Waals surface area contributed by atoms with Gasteiger partial charge in [0, 0.05) is 30.2 Å². The van der Waals surface area contributed by atoms with E-state index in [0.29, 0.717) is 15.9 Å². The lowest BCUT2D eigenvalue weighted by molar-refractivity contribution is 0.435. The highest BCUT2D eigenvalue weighted by molar-refractivity contribution is 9.10. The van der Waals surface area contributed by atoms with Crippen molar-refractivity contribution in [3.63, 3.8) is 0 Å². The van der Waals surface area contributed by atoms with Gasteiger partial charge in [0.15, 0.2) is 0 Å². The predicted molar refractivity (Wildman–Crippen MR) is 77.5 cm³/mol. The topological polar surface area (TPSA) is 70.1 Å². The number of ether oxygens (including phenoxy) is 1. The van der Waals surface area contributed by atoms with Crippen LogP contribution >= 0.6 is 15.9 Å². The Hall–Kier alpha value is -1.82. The first kappa shape index (κ1) is 13.6. The molecule has 0 spiro atoms. The molecule has 0 unspecified atom stereocenters. The number of hydrogen-bond acceptors (Lipinski definition) is 4. The predicted octanol–water partition coefficient (Wildman–Crippen LogP) is 2.96. The summed E-state index contributed by atoms with van der Waals surface area (Å²) >= 11 is 3.34. The Labute approximate surface area is 119 Å². The fraction of sp³-hybridized carbons (Fsp3) is 0.231. The summed E-state index contributed by atoms with van der Waals surface area (Å²) in [4.78, 5) is 16.1. The minimum atomic E-state index is -0.271. The molecule has 1 aromatic carbocycles. The van der Waals surface area contributed by atoms with Gasteiger partial charge in [0.25, 0.3) is 5.88 Å². The molecule has 1 heterocycles. The monoisotopic (exact) mass is 323 g/mol. The van der Waals surface area contributed by atoms with Crippen molar-refractivity contribution in [1.82, 2.24) is 9.55 Å². The van der Waals surface area contributed by atoms with Crippen LogP contribution in [0.4, 0.5) is 5.69 Å². The number of benzene rings is 1. The van der Waals surface area contributed by atoms with Crippen LogP contribution in [0.25, 0.3) is 0 Å². The third kappa shape index (κ3) is 2.96. The largest absolute Gasteiger partial charge is 0.433 e. The smallest absolute Gasteiger partial charge is 0.313 e. The molecule has 0 amide bonds. The van der Waals surface area contributed by atoms with E-state index in [-0.39, 0.29) is 17.5 Å². The first-order valence-corrected chi connectivity index (χ1v) is 6.58. The Kier molecular flexibility index (Phi) is 3.90. The van der Waals surface area contributed by atoms with Crippen LogP contribution in [-0.4, -0.2) is 9.55 Å². The van der Waals surface area contributed by atoms with Crippen molar-refractivity contribution in [2.24, 2.45) is 0 Å². The Morgan fingerprint density at radius 1 is 1.42 bits per heavy atom. The van der Waals surface area contributed by atoms with Crippen LogP contribution in [0.5, 0.6) is 11.6 Å². The quantitative estimate of drug-likeness (QED) is 0.881. The maximum Gasteiger partial charge on any atom is 0.313 e. The molecule has 2 N–H and O–H groups in total. The molecule has 0 saturated carbocycles. The van der Waals surface area contributed by atoms with Crippen molar-refractivity contribution in [2.75, 3.05) is 5.73 Å². The van der Waals surface area contributed by atoms with Gasteiger partial charge in [0.1, 0.15) is 5.75 Å². The van der Waals surface area contributed by atoms with Gasteiger partial charge in [-0.05, 0) is 41.9 Å². The second-order valence-corrected chi connectivity index (χ2v) is 5.18. The van der Waals surface area contributed by atoms with Gasteiger partial charge in [-0.15, -0.1) is 0 Å². The van der Waals surface area contributed by atoms with Crippen LogP contribution in [0.2, 0.25) is 0 Å². The van der Waals surface area contributed by atoms with Gasteiger partial charge in [-0.25, -0.2) is 4.98 Å². The first-order chi connectivity index (χ1) is 8.99. The van der Waals surface area contributed by atoms with Crippen molar-refractivity contribution < 1.29 is 4.74 Å². The molecule has 19 heavy (non-hydrogen) atoms. The van der Waals surface area contributed by atoms with Crippen LogP contribution in [-0.2, 0) is 0 Å². The highest BCUT2D eigenvalue weighted by Gasteiger charge is 2.11. The van der Waals surface area contributed by atoms with Gasteiger partial charge < -0.3 is 15.0 Å². The average molecular weight is 324 g/mol. The standard InChI is InChI=1S/C13H14BrN3O2/c1-8(2)17-6-5-16-12(13(17)18)19-11-7-9(15)3-4-10(11)14/h3-8H,15H2,1-2H3. The summed E-state index contributed by atoms with van der Waals surface area (Å²) in [6, 6.07) is 5.18. The summed E-state index contributed by atoms with van der Waals surface area (Å²) in [5.74, 6) is 0.494. The highest BCUT2D eigenvalue weighted by Crippen LogP contribution is 2.29. The zero-order chi connectivity index (χ0) is 14.0. The molecule has 0 saturated heterocycles. The van der Waals surface area contributed by atoms with Gasteiger partial charge in [-0.1, -0.05) is 0 Å². The number of nitrogens with two attached hydrogens (primary N) is 1. The van der Waals surface area contributed by atoms with Crippen LogP contribution in [0, 0.1) is 0 Å². The molecular weight excluding hydrogens is 310 g/mol. The van der Waals surface area contributed by atoms with Crippen LogP contribution in [0.15, 0.2) is 39.9 Å². The van der Waals surface area contributed by atoms with Crippen LogP contribution < -0.4 is 16.0 Å². The SMILES string of the molecule is CC(C)n1ccnc(Oc2cc(N)ccc2Br)c1=O. The normalized spacial score (nSPS) is 10.7. The fourth-order valence-corrected chi connectivity index (χ4v) is 1.91. The average Bonchev–Trinajstić information content (AvgIpc) is 2.36. The van der Waals surface area contributed by atoms with Crippen molar-refractivity contribution in [3.05, 3.63) is 45.4 Å². The molecule has 0 aliphatic rings. The van der Waals surface area contributed by atoms with E-state index in [4.69, 9.17) is 10.5 Å². The number of rotatable bonds is 3. The highest BCUT2D eigenvalue weighted by atomic mass is 79.9. The Bertz CT molecular complexity index is 653. The minimum Gasteiger partial charge on any atom is -0.433 e. The second kappa shape index (κ2) is 5.44.